The van der Waals surface area contributed by atoms with Gasteiger partial charge in [-0.2, -0.15) is 0 Å². The molecule has 1 saturated carbocycles. The van der Waals surface area contributed by atoms with Gasteiger partial charge < -0.3 is 16.2 Å². The number of anilines is 1. The van der Waals surface area contributed by atoms with Gasteiger partial charge in [0.15, 0.2) is 30.0 Å². The lowest BCUT2D eigenvalue weighted by Crippen LogP contribution is -2.40. The number of ether oxygens (including phenoxy) is 1. The van der Waals surface area contributed by atoms with Crippen LogP contribution in [-0.2, 0) is 32.0 Å². The molecule has 9 atom stereocenters. The average Bonchev–Trinajstić information content (AvgIpc) is 3.53. The lowest BCUT2D eigenvalue weighted by Gasteiger charge is -2.44. The zero-order valence-electron chi connectivity index (χ0n) is 21.5. The number of hydrogen-bond acceptors (Lipinski definition) is 15. The van der Waals surface area contributed by atoms with Gasteiger partial charge in [-0.3, -0.25) is 23.4 Å². The summed E-state index contributed by atoms with van der Waals surface area (Å²) in [5, 5.41) is 0. The normalized spacial score (nSPS) is 34.8. The summed E-state index contributed by atoms with van der Waals surface area (Å²) in [6.07, 6.45) is -1.24. The number of rotatable bonds is 4. The molecule has 0 aromatic carbocycles. The van der Waals surface area contributed by atoms with Crippen molar-refractivity contribution in [2.24, 2.45) is 17.6 Å². The molecule has 4 N–H and O–H groups in total. The number of alkyl halides is 1. The minimum absolute atomic E-state index is 0.00630. The molecule has 2 saturated heterocycles. The van der Waals surface area contributed by atoms with Gasteiger partial charge in [0, 0.05) is 21.2 Å². The van der Waals surface area contributed by atoms with E-state index in [1.54, 1.807) is 12.1 Å². The second-order valence-corrected chi connectivity index (χ2v) is 15.7. The van der Waals surface area contributed by atoms with Crippen molar-refractivity contribution in [3.63, 3.8) is 0 Å². The van der Waals surface area contributed by atoms with Crippen molar-refractivity contribution in [2.45, 2.75) is 36.9 Å². The van der Waals surface area contributed by atoms with Gasteiger partial charge in [0.1, 0.15) is 30.2 Å². The Morgan fingerprint density at radius 3 is 2.81 bits per heavy atom. The van der Waals surface area contributed by atoms with Crippen LogP contribution in [0.2, 0.25) is 0 Å². The molecule has 224 valence electrons. The molecule has 2 unspecified atom stereocenters. The third kappa shape index (κ3) is 5.67. The van der Waals surface area contributed by atoms with Crippen molar-refractivity contribution in [1.29, 1.82) is 0 Å². The summed E-state index contributed by atoms with van der Waals surface area (Å²) in [4.78, 5) is 27.7. The molecule has 0 spiro atoms. The fraction of sp³-hybridized carbons (Fsp3) is 0.500. The predicted molar refractivity (Wildman–Crippen MR) is 150 cm³/mol. The van der Waals surface area contributed by atoms with E-state index in [1.807, 2.05) is 0 Å². The Morgan fingerprint density at radius 1 is 1.21 bits per heavy atom. The standard InChI is InChI=1S/C22H24FN7O8P2S2/c23-16-18-15(37-22(16)30-9-29-17-19(24)27-8-28-21(17)30)7-36-40(33,42-41)35-6-13-11(5-34-39(32)38-18)3-12(13)10-1-2-26-14(4-10)20(25)31/h1-2,4,8-9,11-13,15-16,18,22H,3,5-7H2,(H4-,24,25,27,28,31,41)/p+1/t11-,12+,13-,15-,16+,18-,22-,40?/m1/s1. The molecule has 6 rings (SSSR count). The molecule has 2 aliphatic heterocycles. The van der Waals surface area contributed by atoms with Gasteiger partial charge in [-0.05, 0) is 41.9 Å². The number of carbonyl (C=O) groups excluding carboxylic acids is 1. The number of fused-ring (bicyclic) bond motifs is 3. The Balaban J connectivity index is 1.23. The van der Waals surface area contributed by atoms with Gasteiger partial charge in [-0.15, -0.1) is 9.05 Å². The quantitative estimate of drug-likeness (QED) is 0.209. The Hall–Kier alpha value is -2.27. The first kappa shape index (κ1) is 29.8. The fourth-order valence-corrected chi connectivity index (χ4v) is 8.57. The first-order valence-electron chi connectivity index (χ1n) is 12.6. The van der Waals surface area contributed by atoms with Crippen LogP contribution in [0.1, 0.15) is 34.6 Å². The van der Waals surface area contributed by atoms with Crippen LogP contribution in [0.25, 0.3) is 11.2 Å². The minimum Gasteiger partial charge on any atom is -0.382 e. The highest BCUT2D eigenvalue weighted by Crippen LogP contribution is 2.64. The molecule has 3 aromatic rings. The molecule has 1 aliphatic carbocycles. The average molecular weight is 661 g/mol. The molecule has 3 aliphatic rings. The number of hydrogen-bond donors (Lipinski definition) is 3. The van der Waals surface area contributed by atoms with Crippen molar-refractivity contribution in [3.8, 4) is 0 Å². The SMILES string of the molecule is NC(=O)c1cc([C@@H]2C[C@@H]3CO[P+](=O)O[C@H]4[C@H](F)[C@H](n5cnc6c(N)ncnc65)O[C@@H]4COP(=O)(SS)OC[C@H]32)ccn1. The van der Waals surface area contributed by atoms with E-state index < -0.39 is 52.2 Å². The molecular weight excluding hydrogens is 635 g/mol. The third-order valence-electron chi connectivity index (χ3n) is 7.60. The predicted octanol–water partition coefficient (Wildman–Crippen LogP) is 3.35. The number of nitrogens with two attached hydrogens (primary N) is 2. The number of primary amides is 1. The second-order valence-electron chi connectivity index (χ2n) is 9.91. The summed E-state index contributed by atoms with van der Waals surface area (Å²) in [6, 6.07) is 3.35. The van der Waals surface area contributed by atoms with Crippen LogP contribution in [0.15, 0.2) is 31.0 Å². The van der Waals surface area contributed by atoms with E-state index in [0.717, 1.165) is 5.56 Å². The number of imidazole rings is 1. The number of pyridine rings is 1. The van der Waals surface area contributed by atoms with Gasteiger partial charge in [0.2, 0.25) is 0 Å². The fourth-order valence-electron chi connectivity index (χ4n) is 5.40. The van der Waals surface area contributed by atoms with Crippen molar-refractivity contribution < 1.29 is 41.1 Å². The Labute approximate surface area is 247 Å². The van der Waals surface area contributed by atoms with Crippen LogP contribution in [-0.4, -0.2) is 68.6 Å². The Kier molecular flexibility index (Phi) is 8.52. The second kappa shape index (κ2) is 12.0. The first-order chi connectivity index (χ1) is 20.2. The van der Waals surface area contributed by atoms with Gasteiger partial charge in [-0.1, -0.05) is 11.7 Å². The number of carbonyl (C=O) groups is 1. The number of nitrogens with zero attached hydrogens (tertiary/aromatic N) is 5. The van der Waals surface area contributed by atoms with Gasteiger partial charge >= 0.3 is 15.1 Å². The van der Waals surface area contributed by atoms with Crippen LogP contribution in [0.3, 0.4) is 0 Å². The zero-order chi connectivity index (χ0) is 29.6. The molecule has 3 fully saturated rings. The molecule has 5 heterocycles. The molecular formula is C22H25FN7O8P2S2+. The molecule has 15 nitrogen and oxygen atoms in total. The highest BCUT2D eigenvalue weighted by molar-refractivity contribution is 8.93. The largest absolute Gasteiger partial charge is 0.697 e. The minimum atomic E-state index is -3.88. The molecule has 0 radical (unpaired) electrons. The number of aromatic nitrogens is 5. The third-order valence-corrected chi connectivity index (χ3v) is 12.5. The van der Waals surface area contributed by atoms with E-state index in [4.69, 9.17) is 34.3 Å². The maximum Gasteiger partial charge on any atom is 0.697 e. The number of thiol groups is 1. The summed E-state index contributed by atoms with van der Waals surface area (Å²) < 4.78 is 71.9. The molecule has 3 aromatic heterocycles. The van der Waals surface area contributed by atoms with Gasteiger partial charge in [0.25, 0.3) is 5.91 Å². The van der Waals surface area contributed by atoms with Crippen molar-refractivity contribution in [1.82, 2.24) is 24.5 Å². The van der Waals surface area contributed by atoms with Crippen molar-refractivity contribution in [2.75, 3.05) is 25.6 Å². The van der Waals surface area contributed by atoms with Crippen LogP contribution in [0, 0.1) is 11.8 Å². The highest BCUT2D eigenvalue weighted by Gasteiger charge is 2.54. The summed E-state index contributed by atoms with van der Waals surface area (Å²) in [5.74, 6) is -1.13. The number of halogens is 1. The first-order valence-corrected chi connectivity index (χ1v) is 17.8. The van der Waals surface area contributed by atoms with E-state index in [9.17, 15) is 13.9 Å². The maximum atomic E-state index is 15.9. The number of amides is 1. The van der Waals surface area contributed by atoms with Crippen LogP contribution in [0.5, 0.6) is 0 Å². The Bertz CT molecular complexity index is 1570. The van der Waals surface area contributed by atoms with Crippen LogP contribution < -0.4 is 11.5 Å². The van der Waals surface area contributed by atoms with Gasteiger partial charge in [0.05, 0.1) is 19.5 Å². The van der Waals surface area contributed by atoms with E-state index in [-0.39, 0.29) is 53.6 Å². The molecule has 20 heteroatoms. The summed E-state index contributed by atoms with van der Waals surface area (Å²) in [7, 11) is -2.21. The van der Waals surface area contributed by atoms with Crippen molar-refractivity contribution in [3.05, 3.63) is 42.2 Å². The molecule has 42 heavy (non-hydrogen) atoms. The number of nitrogen functional groups attached to an aromatic ring is 1. The van der Waals surface area contributed by atoms with Gasteiger partial charge in [-0.25, -0.2) is 23.9 Å². The zero-order valence-corrected chi connectivity index (χ0v) is 25.0. The van der Waals surface area contributed by atoms with E-state index in [1.165, 1.54) is 23.4 Å². The molecule has 0 bridgehead atoms. The van der Waals surface area contributed by atoms with Crippen LogP contribution >= 0.6 is 37.1 Å². The summed E-state index contributed by atoms with van der Waals surface area (Å²) in [5.41, 5.74) is 12.6. The van der Waals surface area contributed by atoms with Crippen LogP contribution in [0.4, 0.5) is 10.2 Å². The highest BCUT2D eigenvalue weighted by atomic mass is 33.3. The van der Waals surface area contributed by atoms with E-state index in [0.29, 0.717) is 16.8 Å². The summed E-state index contributed by atoms with van der Waals surface area (Å²) in [6.45, 7) is -4.35. The molecule has 1 amide bonds. The topological polar surface area (TPSA) is 206 Å². The lowest BCUT2D eigenvalue weighted by atomic mass is 9.63. The lowest BCUT2D eigenvalue weighted by molar-refractivity contribution is -0.0406. The Morgan fingerprint density at radius 2 is 2.02 bits per heavy atom. The maximum absolute atomic E-state index is 15.9. The smallest absolute Gasteiger partial charge is 0.382 e. The van der Waals surface area contributed by atoms with E-state index in [2.05, 4.69) is 31.6 Å². The summed E-state index contributed by atoms with van der Waals surface area (Å²) >= 11 is 4.10. The monoisotopic (exact) mass is 660 g/mol. The van der Waals surface area contributed by atoms with Crippen molar-refractivity contribution >= 4 is 60.0 Å². The van der Waals surface area contributed by atoms with E-state index >= 15 is 4.39 Å².